The molecule has 0 radical (unpaired) electrons. The van der Waals surface area contributed by atoms with E-state index in [-0.39, 0.29) is 31.2 Å². The lowest BCUT2D eigenvalue weighted by molar-refractivity contribution is -0.140. The number of hydrogen-bond acceptors (Lipinski definition) is 3. The molecule has 0 aromatic heterocycles. The van der Waals surface area contributed by atoms with Gasteiger partial charge in [0.2, 0.25) is 5.91 Å². The molecule has 0 aliphatic carbocycles. The van der Waals surface area contributed by atoms with Gasteiger partial charge in [-0.05, 0) is 12.8 Å². The lowest BCUT2D eigenvalue weighted by atomic mass is 10.2. The van der Waals surface area contributed by atoms with Crippen LogP contribution in [0.4, 0.5) is 0 Å². The van der Waals surface area contributed by atoms with Crippen LogP contribution in [0.3, 0.4) is 0 Å². The van der Waals surface area contributed by atoms with Gasteiger partial charge in [-0.15, -0.1) is 0 Å². The second-order valence-electron chi connectivity index (χ2n) is 3.60. The van der Waals surface area contributed by atoms with Crippen molar-refractivity contribution in [2.45, 2.75) is 23.1 Å². The Morgan fingerprint density at radius 2 is 2.18 bits per heavy atom. The highest BCUT2D eigenvalue weighted by molar-refractivity contribution is 6.67. The maximum Gasteiger partial charge on any atom is 0.257 e. The largest absolute Gasteiger partial charge is 0.499 e. The fourth-order valence-electron chi connectivity index (χ4n) is 1.40. The van der Waals surface area contributed by atoms with Crippen molar-refractivity contribution in [1.82, 2.24) is 4.90 Å². The molecule has 1 rings (SSSR count). The molecule has 1 aliphatic heterocycles. The predicted molar refractivity (Wildman–Crippen MR) is 66.0 cm³/mol. The first kappa shape index (κ1) is 14.6. The van der Waals surface area contributed by atoms with Gasteiger partial charge in [0.25, 0.3) is 5.91 Å². The van der Waals surface area contributed by atoms with E-state index in [2.05, 4.69) is 0 Å². The van der Waals surface area contributed by atoms with Gasteiger partial charge >= 0.3 is 0 Å². The summed E-state index contributed by atoms with van der Waals surface area (Å²) < 4.78 is 3.55. The van der Waals surface area contributed by atoms with Gasteiger partial charge in [-0.25, -0.2) is 0 Å². The van der Waals surface area contributed by atoms with Crippen LogP contribution in [0.25, 0.3) is 0 Å². The van der Waals surface area contributed by atoms with E-state index in [4.69, 9.17) is 39.5 Å². The number of rotatable bonds is 4. The topological polar surface area (TPSA) is 46.6 Å². The summed E-state index contributed by atoms with van der Waals surface area (Å²) in [4.78, 5) is 24.2. The third kappa shape index (κ3) is 4.74. The fourth-order valence-corrected chi connectivity index (χ4v) is 1.81. The highest BCUT2D eigenvalue weighted by Crippen LogP contribution is 2.31. The summed E-state index contributed by atoms with van der Waals surface area (Å²) in [7, 11) is 1.45. The zero-order valence-electron chi connectivity index (χ0n) is 9.21. The number of nitrogens with zero attached hydrogens (tertiary/aromatic N) is 1. The molecule has 0 aromatic rings. The number of halogens is 3. The molecule has 0 saturated carbocycles. The summed E-state index contributed by atoms with van der Waals surface area (Å²) in [6.07, 6.45) is 2.16. The molecule has 7 heteroatoms. The highest BCUT2D eigenvalue weighted by atomic mass is 35.6. The van der Waals surface area contributed by atoms with Crippen LogP contribution in [0.1, 0.15) is 19.3 Å². The second-order valence-corrected chi connectivity index (χ2v) is 6.12. The Morgan fingerprint density at radius 3 is 2.65 bits per heavy atom. The minimum Gasteiger partial charge on any atom is -0.499 e. The van der Waals surface area contributed by atoms with Crippen molar-refractivity contribution < 1.29 is 14.3 Å². The molecule has 0 saturated heterocycles. The van der Waals surface area contributed by atoms with Crippen LogP contribution in [-0.2, 0) is 14.3 Å². The van der Waals surface area contributed by atoms with Crippen LogP contribution in [0, 0.1) is 0 Å². The van der Waals surface area contributed by atoms with Gasteiger partial charge in [0.1, 0.15) is 5.76 Å². The average molecular weight is 301 g/mol. The number of hydrogen-bond donors (Lipinski definition) is 0. The Kier molecular flexibility index (Phi) is 5.10. The van der Waals surface area contributed by atoms with Crippen LogP contribution >= 0.6 is 34.8 Å². The Labute approximate surface area is 114 Å². The van der Waals surface area contributed by atoms with Crippen molar-refractivity contribution in [3.63, 3.8) is 0 Å². The van der Waals surface area contributed by atoms with E-state index in [0.717, 1.165) is 4.90 Å². The normalized spacial score (nSPS) is 16.1. The molecule has 0 fully saturated rings. The molecule has 0 bridgehead atoms. The van der Waals surface area contributed by atoms with Gasteiger partial charge in [-0.3, -0.25) is 14.5 Å². The van der Waals surface area contributed by atoms with Gasteiger partial charge < -0.3 is 4.74 Å². The second kappa shape index (κ2) is 5.94. The lowest BCUT2D eigenvalue weighted by Gasteiger charge is -2.15. The Bertz CT molecular complexity index is 349. The van der Waals surface area contributed by atoms with Crippen molar-refractivity contribution in [3.05, 3.63) is 11.8 Å². The van der Waals surface area contributed by atoms with Crippen molar-refractivity contribution in [2.75, 3.05) is 13.7 Å². The summed E-state index contributed by atoms with van der Waals surface area (Å²) in [5.41, 5.74) is 0. The first-order chi connectivity index (χ1) is 7.83. The standard InChI is InChI=1S/C10H12Cl3NO3/c1-17-7-5-9(16)14(6-7)8(15)3-2-4-10(11,12)13/h5H,2-4,6H2,1H3. The van der Waals surface area contributed by atoms with E-state index < -0.39 is 3.79 Å². The maximum absolute atomic E-state index is 11.7. The lowest BCUT2D eigenvalue weighted by Crippen LogP contribution is -2.33. The van der Waals surface area contributed by atoms with E-state index in [0.29, 0.717) is 12.2 Å². The molecule has 0 aromatic carbocycles. The molecule has 2 amide bonds. The van der Waals surface area contributed by atoms with E-state index in [1.165, 1.54) is 13.2 Å². The van der Waals surface area contributed by atoms with E-state index in [1.54, 1.807) is 0 Å². The molecule has 0 N–H and O–H groups in total. The third-order valence-corrected chi connectivity index (χ3v) is 2.85. The molecule has 0 unspecified atom stereocenters. The number of methoxy groups -OCH3 is 1. The zero-order chi connectivity index (χ0) is 13.1. The highest BCUT2D eigenvalue weighted by Gasteiger charge is 2.28. The van der Waals surface area contributed by atoms with Crippen molar-refractivity contribution in [3.8, 4) is 0 Å². The number of imide groups is 1. The SMILES string of the molecule is COC1=CC(=O)N(C(=O)CCCC(Cl)(Cl)Cl)C1. The summed E-state index contributed by atoms with van der Waals surface area (Å²) in [6, 6.07) is 0. The summed E-state index contributed by atoms with van der Waals surface area (Å²) in [6.45, 7) is 0.182. The maximum atomic E-state index is 11.7. The zero-order valence-corrected chi connectivity index (χ0v) is 11.5. The number of alkyl halides is 3. The summed E-state index contributed by atoms with van der Waals surface area (Å²) >= 11 is 16.7. The van der Waals surface area contributed by atoms with Gasteiger partial charge in [0, 0.05) is 12.5 Å². The number of carbonyl (C=O) groups excluding carboxylic acids is 2. The molecule has 1 aliphatic rings. The van der Waals surface area contributed by atoms with E-state index >= 15 is 0 Å². The number of amides is 2. The Morgan fingerprint density at radius 1 is 1.53 bits per heavy atom. The fraction of sp³-hybridized carbons (Fsp3) is 0.600. The van der Waals surface area contributed by atoms with Crippen LogP contribution in [-0.4, -0.2) is 34.2 Å². The molecule has 1 heterocycles. The monoisotopic (exact) mass is 299 g/mol. The first-order valence-corrected chi connectivity index (χ1v) is 6.12. The minimum absolute atomic E-state index is 0.171. The smallest absolute Gasteiger partial charge is 0.257 e. The van der Waals surface area contributed by atoms with E-state index in [1.807, 2.05) is 0 Å². The van der Waals surface area contributed by atoms with Crippen molar-refractivity contribution in [2.24, 2.45) is 0 Å². The summed E-state index contributed by atoms with van der Waals surface area (Å²) in [5, 5.41) is 0. The van der Waals surface area contributed by atoms with Crippen LogP contribution in [0.2, 0.25) is 0 Å². The van der Waals surface area contributed by atoms with Gasteiger partial charge in [-0.1, -0.05) is 34.8 Å². The molecule has 0 atom stereocenters. The van der Waals surface area contributed by atoms with Gasteiger partial charge in [0.15, 0.2) is 3.79 Å². The van der Waals surface area contributed by atoms with Crippen molar-refractivity contribution in [1.29, 1.82) is 0 Å². The molecule has 96 valence electrons. The van der Waals surface area contributed by atoms with E-state index in [9.17, 15) is 9.59 Å². The molecule has 4 nitrogen and oxygen atoms in total. The quantitative estimate of drug-likeness (QED) is 0.749. The summed E-state index contributed by atoms with van der Waals surface area (Å²) in [5.74, 6) is -0.169. The Balaban J connectivity index is 2.38. The molecular weight excluding hydrogens is 288 g/mol. The van der Waals surface area contributed by atoms with Crippen LogP contribution < -0.4 is 0 Å². The predicted octanol–water partition coefficient (Wildman–Crippen LogP) is 2.43. The molecule has 0 spiro atoms. The van der Waals surface area contributed by atoms with Gasteiger partial charge in [0.05, 0.1) is 13.7 Å². The third-order valence-electron chi connectivity index (χ3n) is 2.28. The number of carbonyl (C=O) groups is 2. The van der Waals surface area contributed by atoms with Crippen LogP contribution in [0.15, 0.2) is 11.8 Å². The Hall–Kier alpha value is -0.450. The first-order valence-electron chi connectivity index (χ1n) is 4.99. The number of ether oxygens (including phenoxy) is 1. The van der Waals surface area contributed by atoms with Gasteiger partial charge in [-0.2, -0.15) is 0 Å². The average Bonchev–Trinajstić information content (AvgIpc) is 2.57. The van der Waals surface area contributed by atoms with Crippen molar-refractivity contribution >= 4 is 46.6 Å². The molecular formula is C10H12Cl3NO3. The van der Waals surface area contributed by atoms with Crippen LogP contribution in [0.5, 0.6) is 0 Å². The minimum atomic E-state index is -1.36. The molecule has 17 heavy (non-hydrogen) atoms.